The predicted octanol–water partition coefficient (Wildman–Crippen LogP) is 3.40. The highest BCUT2D eigenvalue weighted by Gasteiger charge is 2.34. The molecule has 1 N–H and O–H groups in total. The van der Waals surface area contributed by atoms with E-state index in [2.05, 4.69) is 41.0 Å². The fourth-order valence-corrected chi connectivity index (χ4v) is 5.06. The van der Waals surface area contributed by atoms with Crippen LogP contribution < -0.4 is 4.74 Å². The van der Waals surface area contributed by atoms with Crippen LogP contribution in [-0.2, 0) is 4.74 Å². The van der Waals surface area contributed by atoms with Gasteiger partial charge in [-0.1, -0.05) is 23.5 Å². The first kappa shape index (κ1) is 19.2. The van der Waals surface area contributed by atoms with E-state index >= 15 is 0 Å². The summed E-state index contributed by atoms with van der Waals surface area (Å²) in [4.78, 5) is 8.35. The number of morpholine rings is 1. The number of aromatic nitrogens is 3. The van der Waals surface area contributed by atoms with Gasteiger partial charge in [0.25, 0.3) is 0 Å². The van der Waals surface area contributed by atoms with Gasteiger partial charge in [-0.25, -0.2) is 4.98 Å². The summed E-state index contributed by atoms with van der Waals surface area (Å²) in [7, 11) is 0. The van der Waals surface area contributed by atoms with E-state index in [-0.39, 0.29) is 24.1 Å². The summed E-state index contributed by atoms with van der Waals surface area (Å²) in [6.45, 7) is 10.2. The molecule has 0 amide bonds. The zero-order valence-electron chi connectivity index (χ0n) is 16.6. The van der Waals surface area contributed by atoms with E-state index in [4.69, 9.17) is 9.47 Å². The topological polar surface area (TPSA) is 72.1 Å². The fraction of sp³-hybridized carbons (Fsp3) is 0.500. The van der Waals surface area contributed by atoms with Gasteiger partial charge in [-0.15, -0.1) is 5.10 Å². The molecule has 0 bridgehead atoms. The standard InChI is InChI=1S/C20H26N4O3S/c1-5-26-16-8-6-15(7-9-16)17(23-10-12(2)27-13(3)11-23)18-19(25)24-20(28-18)21-14(4)22-24/h6-9,12-13,17,25H,5,10-11H2,1-4H3/t12-,13-,17+/m0/s1. The maximum Gasteiger partial charge on any atom is 0.230 e. The Kier molecular flexibility index (Phi) is 5.27. The smallest absolute Gasteiger partial charge is 0.230 e. The summed E-state index contributed by atoms with van der Waals surface area (Å²) in [5, 5.41) is 15.2. The van der Waals surface area contributed by atoms with Crippen molar-refractivity contribution in [1.82, 2.24) is 19.5 Å². The van der Waals surface area contributed by atoms with Crippen LogP contribution in [0, 0.1) is 6.92 Å². The second-order valence-corrected chi connectivity index (χ2v) is 8.27. The predicted molar refractivity (Wildman–Crippen MR) is 108 cm³/mol. The Morgan fingerprint density at radius 1 is 1.25 bits per heavy atom. The van der Waals surface area contributed by atoms with Gasteiger partial charge in [0.05, 0.1) is 29.7 Å². The molecule has 4 rings (SSSR count). The van der Waals surface area contributed by atoms with Gasteiger partial charge < -0.3 is 14.6 Å². The first-order valence-electron chi connectivity index (χ1n) is 9.63. The first-order valence-corrected chi connectivity index (χ1v) is 10.4. The van der Waals surface area contributed by atoms with Crippen molar-refractivity contribution in [3.63, 3.8) is 0 Å². The molecule has 3 heterocycles. The van der Waals surface area contributed by atoms with Gasteiger partial charge >= 0.3 is 0 Å². The van der Waals surface area contributed by atoms with Crippen molar-refractivity contribution < 1.29 is 14.6 Å². The second kappa shape index (κ2) is 7.69. The Labute approximate surface area is 168 Å². The maximum absolute atomic E-state index is 10.9. The number of ether oxygens (including phenoxy) is 2. The Hall–Kier alpha value is -2.16. The van der Waals surface area contributed by atoms with E-state index in [9.17, 15) is 5.11 Å². The van der Waals surface area contributed by atoms with Crippen LogP contribution in [0.15, 0.2) is 24.3 Å². The SMILES string of the molecule is CCOc1ccc([C@H](c2sc3nc(C)nn3c2O)N2C[C@H](C)O[C@@H](C)C2)cc1. The van der Waals surface area contributed by atoms with Gasteiger partial charge in [0.2, 0.25) is 10.8 Å². The van der Waals surface area contributed by atoms with E-state index in [1.165, 1.54) is 15.9 Å². The molecule has 0 spiro atoms. The normalized spacial score (nSPS) is 21.9. The zero-order chi connectivity index (χ0) is 19.8. The summed E-state index contributed by atoms with van der Waals surface area (Å²) in [6, 6.07) is 8.01. The minimum absolute atomic E-state index is 0.0988. The number of nitrogens with zero attached hydrogens (tertiary/aromatic N) is 4. The van der Waals surface area contributed by atoms with Crippen LogP contribution >= 0.6 is 11.3 Å². The summed E-state index contributed by atoms with van der Waals surface area (Å²) >= 11 is 1.48. The highest BCUT2D eigenvalue weighted by Crippen LogP contribution is 2.41. The van der Waals surface area contributed by atoms with Gasteiger partial charge in [-0.3, -0.25) is 4.90 Å². The van der Waals surface area contributed by atoms with Crippen LogP contribution in [0.1, 0.15) is 43.1 Å². The molecule has 0 saturated carbocycles. The molecule has 1 fully saturated rings. The highest BCUT2D eigenvalue weighted by molar-refractivity contribution is 7.17. The lowest BCUT2D eigenvalue weighted by molar-refractivity contribution is -0.0764. The largest absolute Gasteiger partial charge is 0.494 e. The monoisotopic (exact) mass is 402 g/mol. The number of aromatic hydroxyl groups is 1. The van der Waals surface area contributed by atoms with E-state index in [1.54, 1.807) is 0 Å². The Morgan fingerprint density at radius 3 is 2.54 bits per heavy atom. The van der Waals surface area contributed by atoms with Crippen molar-refractivity contribution in [2.24, 2.45) is 0 Å². The zero-order valence-corrected chi connectivity index (χ0v) is 17.4. The van der Waals surface area contributed by atoms with Crippen LogP contribution in [0.25, 0.3) is 4.96 Å². The number of thiazole rings is 1. The minimum Gasteiger partial charge on any atom is -0.494 e. The summed E-state index contributed by atoms with van der Waals surface area (Å²) in [6.07, 6.45) is 0.251. The third kappa shape index (κ3) is 3.59. The van der Waals surface area contributed by atoms with Crippen molar-refractivity contribution in [3.8, 4) is 11.6 Å². The van der Waals surface area contributed by atoms with Crippen molar-refractivity contribution in [3.05, 3.63) is 40.5 Å². The number of hydrogen-bond donors (Lipinski definition) is 1. The number of rotatable bonds is 5. The average Bonchev–Trinajstić information content (AvgIpc) is 3.14. The quantitative estimate of drug-likeness (QED) is 0.705. The third-order valence-electron chi connectivity index (χ3n) is 4.87. The lowest BCUT2D eigenvalue weighted by atomic mass is 10.0. The van der Waals surface area contributed by atoms with Gasteiger partial charge in [-0.05, 0) is 45.4 Å². The average molecular weight is 403 g/mol. The molecular weight excluding hydrogens is 376 g/mol. The van der Waals surface area contributed by atoms with Crippen LogP contribution in [-0.4, -0.2) is 56.5 Å². The molecule has 1 aromatic carbocycles. The molecule has 1 aliphatic heterocycles. The van der Waals surface area contributed by atoms with E-state index in [0.29, 0.717) is 17.4 Å². The Balaban J connectivity index is 1.78. The lowest BCUT2D eigenvalue weighted by Crippen LogP contribution is -2.47. The molecular formula is C20H26N4O3S. The summed E-state index contributed by atoms with van der Waals surface area (Å²) in [5.41, 5.74) is 1.10. The molecule has 3 aromatic rings. The number of benzene rings is 1. The number of fused-ring (bicyclic) bond motifs is 1. The molecule has 2 aromatic heterocycles. The molecule has 150 valence electrons. The first-order chi connectivity index (χ1) is 13.5. The van der Waals surface area contributed by atoms with Gasteiger partial charge in [-0.2, -0.15) is 4.52 Å². The van der Waals surface area contributed by atoms with Gasteiger partial charge in [0, 0.05) is 13.1 Å². The van der Waals surface area contributed by atoms with E-state index < -0.39 is 0 Å². The van der Waals surface area contributed by atoms with Crippen molar-refractivity contribution >= 4 is 16.3 Å². The molecule has 1 saturated heterocycles. The molecule has 1 aliphatic rings. The summed E-state index contributed by atoms with van der Waals surface area (Å²) in [5.74, 6) is 1.65. The molecule has 7 nitrogen and oxygen atoms in total. The van der Waals surface area contributed by atoms with Crippen LogP contribution in [0.2, 0.25) is 0 Å². The lowest BCUT2D eigenvalue weighted by Gasteiger charge is -2.40. The highest BCUT2D eigenvalue weighted by atomic mass is 32.1. The van der Waals surface area contributed by atoms with Crippen LogP contribution in [0.4, 0.5) is 0 Å². The molecule has 0 unspecified atom stereocenters. The van der Waals surface area contributed by atoms with E-state index in [1.807, 2.05) is 26.0 Å². The van der Waals surface area contributed by atoms with Crippen LogP contribution in [0.5, 0.6) is 11.6 Å². The third-order valence-corrected chi connectivity index (χ3v) is 5.95. The van der Waals surface area contributed by atoms with Gasteiger partial charge in [0.15, 0.2) is 0 Å². The number of hydrogen-bond acceptors (Lipinski definition) is 7. The Bertz CT molecular complexity index is 942. The molecule has 28 heavy (non-hydrogen) atoms. The molecule has 3 atom stereocenters. The number of aryl methyl sites for hydroxylation is 1. The molecule has 0 radical (unpaired) electrons. The van der Waals surface area contributed by atoms with Gasteiger partial charge in [0.1, 0.15) is 11.6 Å². The molecule has 0 aliphatic carbocycles. The van der Waals surface area contributed by atoms with E-state index in [0.717, 1.165) is 29.3 Å². The maximum atomic E-state index is 10.9. The minimum atomic E-state index is -0.0988. The molecule has 8 heteroatoms. The second-order valence-electron chi connectivity index (χ2n) is 7.26. The van der Waals surface area contributed by atoms with Crippen molar-refractivity contribution in [1.29, 1.82) is 0 Å². The van der Waals surface area contributed by atoms with Crippen molar-refractivity contribution in [2.45, 2.75) is 45.9 Å². The summed E-state index contributed by atoms with van der Waals surface area (Å²) < 4.78 is 13.1. The Morgan fingerprint density at radius 2 is 1.93 bits per heavy atom. The van der Waals surface area contributed by atoms with Crippen molar-refractivity contribution in [2.75, 3.05) is 19.7 Å². The fourth-order valence-electron chi connectivity index (χ4n) is 3.90. The van der Waals surface area contributed by atoms with Crippen LogP contribution in [0.3, 0.4) is 0 Å².